The van der Waals surface area contributed by atoms with Crippen LogP contribution in [0.1, 0.15) is 15.4 Å². The van der Waals surface area contributed by atoms with Crippen molar-refractivity contribution < 1.29 is 9.72 Å². The van der Waals surface area contributed by atoms with Crippen LogP contribution in [-0.4, -0.2) is 15.8 Å². The summed E-state index contributed by atoms with van der Waals surface area (Å²) in [6, 6.07) is 4.02. The molecule has 104 valence electrons. The van der Waals surface area contributed by atoms with Gasteiger partial charge in [0.2, 0.25) is 0 Å². The minimum Gasteiger partial charge on any atom is -0.375 e. The maximum Gasteiger partial charge on any atom is 0.289 e. The lowest BCUT2D eigenvalue weighted by Crippen LogP contribution is -2.11. The molecule has 1 aromatic heterocycles. The Morgan fingerprint density at radius 3 is 2.80 bits per heavy atom. The highest BCUT2D eigenvalue weighted by molar-refractivity contribution is 7.17. The molecule has 0 radical (unpaired) electrons. The molecular weight excluding hydrogens is 304 g/mol. The number of hydrogen-bond donors (Lipinski definition) is 2. The van der Waals surface area contributed by atoms with Crippen LogP contribution in [0, 0.1) is 17.0 Å². The topological polar surface area (TPSA) is 111 Å². The fraction of sp³-hybridized carbons (Fsp3) is 0.0909. The van der Waals surface area contributed by atoms with Gasteiger partial charge in [0.1, 0.15) is 9.90 Å². The van der Waals surface area contributed by atoms with Crippen molar-refractivity contribution in [2.24, 2.45) is 0 Å². The number of anilines is 2. The number of carbonyl (C=O) groups excluding carboxylic acids is 1. The van der Waals surface area contributed by atoms with Crippen LogP contribution >= 0.6 is 22.9 Å². The molecule has 7 nitrogen and oxygen atoms in total. The standard InChI is InChI=1S/C11H9ClN4O3S/c1-5-9(20-11(13)14-5)10(17)15-6-2-3-7(12)8(4-6)16(18)19/h2-4H,1H3,(H2,13,14)(H,15,17). The molecular formula is C11H9ClN4O3S. The van der Waals surface area contributed by atoms with E-state index in [1.165, 1.54) is 18.2 Å². The minimum atomic E-state index is -0.617. The zero-order chi connectivity index (χ0) is 14.9. The Kier molecular flexibility index (Phi) is 3.86. The van der Waals surface area contributed by atoms with Crippen LogP contribution in [0.4, 0.5) is 16.5 Å². The number of benzene rings is 1. The Hall–Kier alpha value is -2.19. The highest BCUT2D eigenvalue weighted by atomic mass is 35.5. The summed E-state index contributed by atoms with van der Waals surface area (Å²) in [6.45, 7) is 1.66. The van der Waals surface area contributed by atoms with Gasteiger partial charge < -0.3 is 11.1 Å². The van der Waals surface area contributed by atoms with E-state index in [1.807, 2.05) is 0 Å². The molecule has 2 aromatic rings. The molecule has 0 saturated heterocycles. The van der Waals surface area contributed by atoms with Crippen molar-refractivity contribution in [2.45, 2.75) is 6.92 Å². The van der Waals surface area contributed by atoms with Crippen molar-refractivity contribution in [3.8, 4) is 0 Å². The van der Waals surface area contributed by atoms with Gasteiger partial charge in [0.25, 0.3) is 11.6 Å². The van der Waals surface area contributed by atoms with Gasteiger partial charge in [-0.3, -0.25) is 14.9 Å². The van der Waals surface area contributed by atoms with E-state index >= 15 is 0 Å². The maximum absolute atomic E-state index is 12.0. The zero-order valence-electron chi connectivity index (χ0n) is 10.2. The van der Waals surface area contributed by atoms with Gasteiger partial charge in [-0.1, -0.05) is 22.9 Å². The number of carbonyl (C=O) groups is 1. The highest BCUT2D eigenvalue weighted by Gasteiger charge is 2.17. The molecule has 0 atom stereocenters. The second kappa shape index (κ2) is 5.43. The van der Waals surface area contributed by atoms with Crippen LogP contribution in [0.15, 0.2) is 18.2 Å². The zero-order valence-corrected chi connectivity index (χ0v) is 11.8. The van der Waals surface area contributed by atoms with E-state index in [4.69, 9.17) is 17.3 Å². The number of aryl methyl sites for hydroxylation is 1. The summed E-state index contributed by atoms with van der Waals surface area (Å²) in [5.41, 5.74) is 6.03. The van der Waals surface area contributed by atoms with Crippen LogP contribution in [0.3, 0.4) is 0 Å². The summed E-state index contributed by atoms with van der Waals surface area (Å²) in [5, 5.41) is 13.6. The molecule has 0 unspecified atom stereocenters. The molecule has 0 aliphatic rings. The smallest absolute Gasteiger partial charge is 0.289 e. The van der Waals surface area contributed by atoms with Crippen molar-refractivity contribution in [2.75, 3.05) is 11.1 Å². The fourth-order valence-electron chi connectivity index (χ4n) is 1.55. The molecule has 1 aromatic carbocycles. The Balaban J connectivity index is 2.26. The number of nitrogen functional groups attached to an aromatic ring is 1. The van der Waals surface area contributed by atoms with Crippen LogP contribution in [-0.2, 0) is 0 Å². The van der Waals surface area contributed by atoms with E-state index in [1.54, 1.807) is 6.92 Å². The van der Waals surface area contributed by atoms with Gasteiger partial charge in [-0.15, -0.1) is 0 Å². The minimum absolute atomic E-state index is 0.00575. The number of amides is 1. The van der Waals surface area contributed by atoms with Crippen molar-refractivity contribution in [1.82, 2.24) is 4.98 Å². The van der Waals surface area contributed by atoms with Gasteiger partial charge in [0, 0.05) is 11.8 Å². The first-order chi connectivity index (χ1) is 9.38. The SMILES string of the molecule is Cc1nc(N)sc1C(=O)Nc1ccc(Cl)c([N+](=O)[O-])c1. The van der Waals surface area contributed by atoms with Gasteiger partial charge >= 0.3 is 0 Å². The van der Waals surface area contributed by atoms with Crippen molar-refractivity contribution in [3.05, 3.63) is 43.9 Å². The Morgan fingerprint density at radius 2 is 2.25 bits per heavy atom. The van der Waals surface area contributed by atoms with E-state index < -0.39 is 10.8 Å². The molecule has 2 rings (SSSR count). The second-order valence-corrected chi connectivity index (χ2v) is 5.28. The third-order valence-electron chi connectivity index (χ3n) is 2.42. The quantitative estimate of drug-likeness (QED) is 0.668. The second-order valence-electron chi connectivity index (χ2n) is 3.84. The van der Waals surface area contributed by atoms with E-state index in [-0.39, 0.29) is 21.5 Å². The molecule has 9 heteroatoms. The van der Waals surface area contributed by atoms with Crippen LogP contribution in [0.5, 0.6) is 0 Å². The van der Waals surface area contributed by atoms with Gasteiger partial charge in [-0.25, -0.2) is 4.98 Å². The van der Waals surface area contributed by atoms with Crippen LogP contribution < -0.4 is 11.1 Å². The molecule has 0 spiro atoms. The first kappa shape index (κ1) is 14.2. The van der Waals surface area contributed by atoms with Gasteiger partial charge in [-0.05, 0) is 19.1 Å². The predicted molar refractivity (Wildman–Crippen MR) is 77.3 cm³/mol. The molecule has 1 heterocycles. The van der Waals surface area contributed by atoms with Crippen LogP contribution in [0.25, 0.3) is 0 Å². The molecule has 0 saturated carbocycles. The lowest BCUT2D eigenvalue weighted by molar-refractivity contribution is -0.384. The van der Waals surface area contributed by atoms with Crippen molar-refractivity contribution in [3.63, 3.8) is 0 Å². The monoisotopic (exact) mass is 312 g/mol. The molecule has 0 fully saturated rings. The Labute approximate surface area is 122 Å². The summed E-state index contributed by atoms with van der Waals surface area (Å²) >= 11 is 6.74. The molecule has 3 N–H and O–H groups in total. The van der Waals surface area contributed by atoms with Crippen LogP contribution in [0.2, 0.25) is 5.02 Å². The number of nitrogens with two attached hydrogens (primary N) is 1. The van der Waals surface area contributed by atoms with Gasteiger partial charge in [-0.2, -0.15) is 0 Å². The van der Waals surface area contributed by atoms with E-state index in [2.05, 4.69) is 10.3 Å². The Bertz CT molecular complexity index is 701. The summed E-state index contributed by atoms with van der Waals surface area (Å²) in [5.74, 6) is -0.423. The molecule has 0 aliphatic heterocycles. The fourth-order valence-corrected chi connectivity index (χ4v) is 2.46. The van der Waals surface area contributed by atoms with Gasteiger partial charge in [0.05, 0.1) is 10.6 Å². The van der Waals surface area contributed by atoms with Crippen molar-refractivity contribution in [1.29, 1.82) is 0 Å². The summed E-state index contributed by atoms with van der Waals surface area (Å²) < 4.78 is 0. The number of nitrogens with one attached hydrogen (secondary N) is 1. The number of hydrogen-bond acceptors (Lipinski definition) is 6. The number of aromatic nitrogens is 1. The first-order valence-corrected chi connectivity index (χ1v) is 6.56. The molecule has 1 amide bonds. The molecule has 0 bridgehead atoms. The number of halogens is 1. The lowest BCUT2D eigenvalue weighted by Gasteiger charge is -2.04. The maximum atomic E-state index is 12.0. The third kappa shape index (κ3) is 2.86. The number of thiazole rings is 1. The van der Waals surface area contributed by atoms with E-state index in [0.717, 1.165) is 11.3 Å². The number of rotatable bonds is 3. The predicted octanol–water partition coefficient (Wildman–Crippen LogP) is 2.85. The highest BCUT2D eigenvalue weighted by Crippen LogP contribution is 2.28. The average Bonchev–Trinajstić information content (AvgIpc) is 2.70. The Morgan fingerprint density at radius 1 is 1.55 bits per heavy atom. The van der Waals surface area contributed by atoms with E-state index in [0.29, 0.717) is 10.6 Å². The average molecular weight is 313 g/mol. The summed E-state index contributed by atoms with van der Waals surface area (Å²) in [4.78, 5) is 26.5. The van der Waals surface area contributed by atoms with Gasteiger partial charge in [0.15, 0.2) is 5.13 Å². The number of nitro benzene ring substituents is 1. The molecule has 0 aliphatic carbocycles. The number of nitrogens with zero attached hydrogens (tertiary/aromatic N) is 2. The van der Waals surface area contributed by atoms with E-state index in [9.17, 15) is 14.9 Å². The third-order valence-corrected chi connectivity index (χ3v) is 3.73. The summed E-state index contributed by atoms with van der Waals surface area (Å²) in [7, 11) is 0. The first-order valence-electron chi connectivity index (χ1n) is 5.36. The molecule has 20 heavy (non-hydrogen) atoms. The normalized spacial score (nSPS) is 10.3. The van der Waals surface area contributed by atoms with Crippen molar-refractivity contribution >= 4 is 45.4 Å². The lowest BCUT2D eigenvalue weighted by atomic mass is 10.2. The summed E-state index contributed by atoms with van der Waals surface area (Å²) in [6.07, 6.45) is 0. The largest absolute Gasteiger partial charge is 0.375 e. The number of nitro groups is 1.